The number of carbonyl (C=O) groups excluding carboxylic acids is 1. The van der Waals surface area contributed by atoms with Crippen molar-refractivity contribution in [3.63, 3.8) is 0 Å². The summed E-state index contributed by atoms with van der Waals surface area (Å²) in [5, 5.41) is 3.32. The molecule has 1 aromatic carbocycles. The third-order valence-electron chi connectivity index (χ3n) is 3.46. The van der Waals surface area contributed by atoms with Crippen molar-refractivity contribution in [2.75, 3.05) is 26.9 Å². The van der Waals surface area contributed by atoms with Crippen LogP contribution in [0.4, 0.5) is 0 Å². The van der Waals surface area contributed by atoms with E-state index in [4.69, 9.17) is 14.2 Å². The number of hydrogen-bond donors (Lipinski definition) is 1. The number of methoxy groups -OCH3 is 1. The number of carbonyl (C=O) groups is 1. The maximum absolute atomic E-state index is 12.0. The van der Waals surface area contributed by atoms with E-state index in [1.165, 1.54) is 5.56 Å². The van der Waals surface area contributed by atoms with Crippen LogP contribution >= 0.6 is 0 Å². The van der Waals surface area contributed by atoms with Crippen molar-refractivity contribution in [2.45, 2.75) is 46.8 Å². The van der Waals surface area contributed by atoms with Crippen LogP contribution in [0.15, 0.2) is 12.1 Å². The molecular formula is C18H29NO4. The molecule has 0 aliphatic carbocycles. The van der Waals surface area contributed by atoms with E-state index in [0.29, 0.717) is 13.2 Å². The van der Waals surface area contributed by atoms with Crippen LogP contribution in [-0.4, -0.2) is 38.4 Å². The standard InChI is InChI=1S/C18H29NO4/c1-7-22-17(20)18(4,5)23-16-13(2)10-15(11-14(16)3)12-19-8-9-21-6/h10-11,19H,7-9,12H2,1-6H3. The van der Waals surface area contributed by atoms with Gasteiger partial charge in [-0.25, -0.2) is 4.79 Å². The highest BCUT2D eigenvalue weighted by Crippen LogP contribution is 2.29. The summed E-state index contributed by atoms with van der Waals surface area (Å²) in [6.45, 7) is 11.8. The lowest BCUT2D eigenvalue weighted by Gasteiger charge is -2.26. The molecule has 0 saturated carbocycles. The van der Waals surface area contributed by atoms with Crippen molar-refractivity contribution in [3.05, 3.63) is 28.8 Å². The van der Waals surface area contributed by atoms with Gasteiger partial charge in [0.1, 0.15) is 5.75 Å². The third-order valence-corrected chi connectivity index (χ3v) is 3.46. The number of aryl methyl sites for hydroxylation is 2. The average molecular weight is 323 g/mol. The van der Waals surface area contributed by atoms with Crippen molar-refractivity contribution >= 4 is 5.97 Å². The highest BCUT2D eigenvalue weighted by atomic mass is 16.6. The maximum Gasteiger partial charge on any atom is 0.349 e. The molecule has 0 amide bonds. The second kappa shape index (κ2) is 8.89. The molecule has 0 bridgehead atoms. The van der Waals surface area contributed by atoms with Crippen molar-refractivity contribution in [3.8, 4) is 5.75 Å². The molecule has 23 heavy (non-hydrogen) atoms. The van der Waals surface area contributed by atoms with Gasteiger partial charge < -0.3 is 19.5 Å². The van der Waals surface area contributed by atoms with Gasteiger partial charge in [0.15, 0.2) is 5.60 Å². The molecule has 0 spiro atoms. The Kier molecular flexibility index (Phi) is 7.52. The molecule has 1 aromatic rings. The first-order valence-corrected chi connectivity index (χ1v) is 7.97. The average Bonchev–Trinajstić information content (AvgIpc) is 2.48. The quantitative estimate of drug-likeness (QED) is 0.559. The van der Waals surface area contributed by atoms with E-state index in [0.717, 1.165) is 30.0 Å². The molecule has 0 aliphatic rings. The minimum Gasteiger partial charge on any atom is -0.476 e. The minimum absolute atomic E-state index is 0.343. The van der Waals surface area contributed by atoms with E-state index in [2.05, 4.69) is 17.4 Å². The van der Waals surface area contributed by atoms with Crippen molar-refractivity contribution in [2.24, 2.45) is 0 Å². The van der Waals surface area contributed by atoms with Crippen molar-refractivity contribution in [1.29, 1.82) is 0 Å². The fourth-order valence-electron chi connectivity index (χ4n) is 2.31. The zero-order valence-corrected chi connectivity index (χ0v) is 15.1. The first-order chi connectivity index (χ1) is 10.8. The van der Waals surface area contributed by atoms with Gasteiger partial charge in [0.2, 0.25) is 0 Å². The summed E-state index contributed by atoms with van der Waals surface area (Å²) in [5.74, 6) is 0.382. The zero-order valence-electron chi connectivity index (χ0n) is 15.1. The third kappa shape index (κ3) is 5.84. The van der Waals surface area contributed by atoms with Gasteiger partial charge in [0.05, 0.1) is 13.2 Å². The normalized spacial score (nSPS) is 11.4. The minimum atomic E-state index is -1.01. The van der Waals surface area contributed by atoms with Gasteiger partial charge in [-0.05, 0) is 51.3 Å². The van der Waals surface area contributed by atoms with Crippen LogP contribution in [-0.2, 0) is 20.8 Å². The summed E-state index contributed by atoms with van der Waals surface area (Å²) >= 11 is 0. The Labute approximate surface area is 139 Å². The maximum atomic E-state index is 12.0. The monoisotopic (exact) mass is 323 g/mol. The first kappa shape index (κ1) is 19.5. The van der Waals surface area contributed by atoms with Crippen LogP contribution in [0.3, 0.4) is 0 Å². The highest BCUT2D eigenvalue weighted by molar-refractivity contribution is 5.79. The fraction of sp³-hybridized carbons (Fsp3) is 0.611. The largest absolute Gasteiger partial charge is 0.476 e. The van der Waals surface area contributed by atoms with Gasteiger partial charge >= 0.3 is 5.97 Å². The number of benzene rings is 1. The molecule has 130 valence electrons. The molecule has 0 aromatic heterocycles. The summed E-state index contributed by atoms with van der Waals surface area (Å²) in [7, 11) is 1.69. The second-order valence-corrected chi connectivity index (χ2v) is 6.06. The molecule has 0 fully saturated rings. The van der Waals surface area contributed by atoms with Crippen LogP contribution in [0.1, 0.15) is 37.5 Å². The van der Waals surface area contributed by atoms with Gasteiger partial charge in [0, 0.05) is 20.2 Å². The molecule has 1 N–H and O–H groups in total. The fourth-order valence-corrected chi connectivity index (χ4v) is 2.31. The Morgan fingerprint density at radius 2 is 1.83 bits per heavy atom. The Morgan fingerprint density at radius 3 is 2.35 bits per heavy atom. The van der Waals surface area contributed by atoms with Crippen LogP contribution < -0.4 is 10.1 Å². The van der Waals surface area contributed by atoms with Gasteiger partial charge in [0.25, 0.3) is 0 Å². The Morgan fingerprint density at radius 1 is 1.22 bits per heavy atom. The molecular weight excluding hydrogens is 294 g/mol. The van der Waals surface area contributed by atoms with Gasteiger partial charge in [-0.3, -0.25) is 0 Å². The van der Waals surface area contributed by atoms with Gasteiger partial charge in [-0.2, -0.15) is 0 Å². The highest BCUT2D eigenvalue weighted by Gasteiger charge is 2.32. The smallest absolute Gasteiger partial charge is 0.349 e. The van der Waals surface area contributed by atoms with Crippen LogP contribution in [0.25, 0.3) is 0 Å². The Bertz CT molecular complexity index is 503. The zero-order chi connectivity index (χ0) is 17.5. The van der Waals surface area contributed by atoms with Gasteiger partial charge in [-0.15, -0.1) is 0 Å². The Balaban J connectivity index is 2.83. The molecule has 5 heteroatoms. The summed E-state index contributed by atoms with van der Waals surface area (Å²) in [5.41, 5.74) is 2.18. The molecule has 0 atom stereocenters. The van der Waals surface area contributed by atoms with Crippen LogP contribution in [0.5, 0.6) is 5.75 Å². The molecule has 0 radical (unpaired) electrons. The lowest BCUT2D eigenvalue weighted by Crippen LogP contribution is -2.40. The summed E-state index contributed by atoms with van der Waals surface area (Å²) in [6, 6.07) is 4.15. The van der Waals surface area contributed by atoms with E-state index in [1.54, 1.807) is 27.9 Å². The first-order valence-electron chi connectivity index (χ1n) is 7.97. The lowest BCUT2D eigenvalue weighted by atomic mass is 10.0. The van der Waals surface area contributed by atoms with Gasteiger partial charge in [-0.1, -0.05) is 12.1 Å². The predicted octanol–water partition coefficient (Wildman–Crippen LogP) is 2.76. The molecule has 0 aliphatic heterocycles. The molecule has 0 heterocycles. The van der Waals surface area contributed by atoms with E-state index in [9.17, 15) is 4.79 Å². The number of ether oxygens (including phenoxy) is 3. The van der Waals surface area contributed by atoms with Crippen molar-refractivity contribution < 1.29 is 19.0 Å². The summed E-state index contributed by atoms with van der Waals surface area (Å²) in [6.07, 6.45) is 0. The van der Waals surface area contributed by atoms with Crippen LogP contribution in [0.2, 0.25) is 0 Å². The van der Waals surface area contributed by atoms with Crippen molar-refractivity contribution in [1.82, 2.24) is 5.32 Å². The molecule has 5 nitrogen and oxygen atoms in total. The molecule has 0 saturated heterocycles. The van der Waals surface area contributed by atoms with E-state index in [-0.39, 0.29) is 5.97 Å². The number of rotatable bonds is 9. The SMILES string of the molecule is CCOC(=O)C(C)(C)Oc1c(C)cc(CNCCOC)cc1C. The van der Waals surface area contributed by atoms with E-state index >= 15 is 0 Å². The number of nitrogens with one attached hydrogen (secondary N) is 1. The number of esters is 1. The lowest BCUT2D eigenvalue weighted by molar-refractivity contribution is -0.158. The summed E-state index contributed by atoms with van der Waals surface area (Å²) in [4.78, 5) is 12.0. The predicted molar refractivity (Wildman–Crippen MR) is 90.8 cm³/mol. The molecule has 1 rings (SSSR count). The topological polar surface area (TPSA) is 56.8 Å². The van der Waals surface area contributed by atoms with E-state index in [1.807, 2.05) is 13.8 Å². The number of hydrogen-bond acceptors (Lipinski definition) is 5. The Hall–Kier alpha value is -1.59. The molecule has 0 unspecified atom stereocenters. The van der Waals surface area contributed by atoms with Crippen LogP contribution in [0, 0.1) is 13.8 Å². The summed E-state index contributed by atoms with van der Waals surface area (Å²) < 4.78 is 16.1. The van der Waals surface area contributed by atoms with E-state index < -0.39 is 5.60 Å². The second-order valence-electron chi connectivity index (χ2n) is 6.06.